The van der Waals surface area contributed by atoms with Crippen molar-refractivity contribution in [1.82, 2.24) is 0 Å². The molecule has 120 valence electrons. The average molecular weight is 310 g/mol. The lowest BCUT2D eigenvalue weighted by molar-refractivity contribution is 0.0146. The van der Waals surface area contributed by atoms with E-state index in [0.717, 1.165) is 11.8 Å². The molecule has 5 atom stereocenters. The van der Waals surface area contributed by atoms with Crippen LogP contribution in [0.25, 0.3) is 0 Å². The molecule has 5 unspecified atom stereocenters. The van der Waals surface area contributed by atoms with Gasteiger partial charge in [0.25, 0.3) is 0 Å². The molecule has 0 aromatic rings. The normalized spacial score (nSPS) is 48.4. The third kappa shape index (κ3) is 2.55. The Labute approximate surface area is 129 Å². The van der Waals surface area contributed by atoms with E-state index in [2.05, 4.69) is 0 Å². The third-order valence-corrected chi connectivity index (χ3v) is 10.6. The van der Waals surface area contributed by atoms with Crippen LogP contribution in [-0.2, 0) is 9.09 Å². The first kappa shape index (κ1) is 14.8. The Bertz CT molecular complexity index is 415. The summed E-state index contributed by atoms with van der Waals surface area (Å²) in [6.07, 6.45) is 17.0. The van der Waals surface area contributed by atoms with Gasteiger partial charge in [0.05, 0.1) is 6.10 Å². The molecule has 0 aromatic heterocycles. The summed E-state index contributed by atoms with van der Waals surface area (Å²) in [6, 6.07) is 0. The molecule has 1 saturated heterocycles. The molecule has 21 heavy (non-hydrogen) atoms. The summed E-state index contributed by atoms with van der Waals surface area (Å²) in [5.74, 6) is 1.49. The van der Waals surface area contributed by atoms with Gasteiger partial charge in [0.2, 0.25) is 7.37 Å². The second-order valence-corrected chi connectivity index (χ2v) is 10.9. The maximum absolute atomic E-state index is 14.0. The van der Waals surface area contributed by atoms with Gasteiger partial charge in [-0.2, -0.15) is 0 Å². The van der Waals surface area contributed by atoms with Crippen molar-refractivity contribution in [2.24, 2.45) is 11.8 Å². The molecule has 4 rings (SSSR count). The minimum absolute atomic E-state index is 0.353. The van der Waals surface area contributed by atoms with Crippen molar-refractivity contribution < 1.29 is 9.09 Å². The summed E-state index contributed by atoms with van der Waals surface area (Å²) < 4.78 is 20.5. The quantitative estimate of drug-likeness (QED) is 0.577. The highest BCUT2D eigenvalue weighted by molar-refractivity contribution is 7.60. The van der Waals surface area contributed by atoms with E-state index in [1.165, 1.54) is 83.5 Å². The van der Waals surface area contributed by atoms with Gasteiger partial charge in [0.15, 0.2) is 0 Å². The molecule has 0 aromatic carbocycles. The third-order valence-electron chi connectivity index (χ3n) is 6.93. The fourth-order valence-electron chi connectivity index (χ4n) is 5.92. The van der Waals surface area contributed by atoms with Crippen molar-refractivity contribution in [2.75, 3.05) is 0 Å². The predicted octanol–water partition coefficient (Wildman–Crippen LogP) is 5.75. The van der Waals surface area contributed by atoms with Crippen LogP contribution in [0.5, 0.6) is 0 Å². The Morgan fingerprint density at radius 2 is 1.29 bits per heavy atom. The monoisotopic (exact) mass is 310 g/mol. The van der Waals surface area contributed by atoms with E-state index in [1.807, 2.05) is 0 Å². The Kier molecular flexibility index (Phi) is 4.22. The average Bonchev–Trinajstić information content (AvgIpc) is 2.56. The molecule has 0 spiro atoms. The Balaban J connectivity index is 1.63. The van der Waals surface area contributed by atoms with Gasteiger partial charge in [0, 0.05) is 11.3 Å². The molecule has 2 nitrogen and oxygen atoms in total. The number of hydrogen-bond acceptors (Lipinski definition) is 2. The van der Waals surface area contributed by atoms with Gasteiger partial charge in [-0.1, -0.05) is 44.9 Å². The molecule has 0 N–H and O–H groups in total. The maximum Gasteiger partial charge on any atom is 0.209 e. The van der Waals surface area contributed by atoms with Gasteiger partial charge in [-0.25, -0.2) is 0 Å². The summed E-state index contributed by atoms with van der Waals surface area (Å²) in [7, 11) is -2.41. The molecule has 0 bridgehead atoms. The summed E-state index contributed by atoms with van der Waals surface area (Å²) in [6.45, 7) is 0. The molecular weight excluding hydrogens is 279 g/mol. The van der Waals surface area contributed by atoms with Crippen LogP contribution in [0.4, 0.5) is 0 Å². The zero-order chi connectivity index (χ0) is 14.3. The van der Waals surface area contributed by atoms with E-state index in [0.29, 0.717) is 17.4 Å². The largest absolute Gasteiger partial charge is 0.324 e. The van der Waals surface area contributed by atoms with Crippen LogP contribution < -0.4 is 0 Å². The molecule has 4 aliphatic rings. The van der Waals surface area contributed by atoms with E-state index >= 15 is 0 Å². The van der Waals surface area contributed by atoms with Crippen LogP contribution in [0.15, 0.2) is 0 Å². The lowest BCUT2D eigenvalue weighted by atomic mass is 9.71. The van der Waals surface area contributed by atoms with Crippen LogP contribution >= 0.6 is 7.37 Å². The topological polar surface area (TPSA) is 26.3 Å². The minimum Gasteiger partial charge on any atom is -0.324 e. The second kappa shape index (κ2) is 6.00. The molecule has 1 heterocycles. The van der Waals surface area contributed by atoms with E-state index in [4.69, 9.17) is 4.52 Å². The van der Waals surface area contributed by atoms with Crippen LogP contribution in [0, 0.1) is 11.8 Å². The number of fused-ring (bicyclic) bond motifs is 3. The van der Waals surface area contributed by atoms with Crippen LogP contribution in [0.1, 0.15) is 83.5 Å². The zero-order valence-electron chi connectivity index (χ0n) is 13.3. The summed E-state index contributed by atoms with van der Waals surface area (Å²) in [5, 5.41) is 0. The van der Waals surface area contributed by atoms with Crippen LogP contribution in [0.3, 0.4) is 0 Å². The fraction of sp³-hybridized carbons (Fsp3) is 1.00. The Morgan fingerprint density at radius 1 is 0.667 bits per heavy atom. The summed E-state index contributed by atoms with van der Waals surface area (Å²) in [4.78, 5) is 0. The van der Waals surface area contributed by atoms with Crippen molar-refractivity contribution >= 4 is 7.37 Å². The van der Waals surface area contributed by atoms with E-state index < -0.39 is 7.37 Å². The van der Waals surface area contributed by atoms with E-state index in [1.54, 1.807) is 0 Å². The highest BCUT2D eigenvalue weighted by Crippen LogP contribution is 2.70. The molecule has 3 saturated carbocycles. The van der Waals surface area contributed by atoms with Gasteiger partial charge in [-0.3, -0.25) is 4.57 Å². The smallest absolute Gasteiger partial charge is 0.209 e. The Morgan fingerprint density at radius 3 is 2.10 bits per heavy atom. The molecule has 1 aliphatic heterocycles. The molecule has 4 fully saturated rings. The number of rotatable bonds is 1. The van der Waals surface area contributed by atoms with Crippen LogP contribution in [-0.4, -0.2) is 17.4 Å². The minimum atomic E-state index is -2.41. The molecule has 3 heteroatoms. The molecule has 3 aliphatic carbocycles. The van der Waals surface area contributed by atoms with Crippen molar-refractivity contribution in [3.63, 3.8) is 0 Å². The van der Waals surface area contributed by atoms with Crippen molar-refractivity contribution in [3.05, 3.63) is 0 Å². The van der Waals surface area contributed by atoms with Crippen molar-refractivity contribution in [2.45, 2.75) is 101 Å². The Hall–Kier alpha value is 0.190. The van der Waals surface area contributed by atoms with Gasteiger partial charge < -0.3 is 4.52 Å². The van der Waals surface area contributed by atoms with Crippen molar-refractivity contribution in [1.29, 1.82) is 0 Å². The lowest BCUT2D eigenvalue weighted by Gasteiger charge is -2.53. The van der Waals surface area contributed by atoms with E-state index in [9.17, 15) is 4.57 Å². The van der Waals surface area contributed by atoms with Crippen LogP contribution in [0.2, 0.25) is 0 Å². The van der Waals surface area contributed by atoms with Gasteiger partial charge in [-0.05, 0) is 50.4 Å². The fourth-order valence-corrected chi connectivity index (χ4v) is 10.0. The van der Waals surface area contributed by atoms with E-state index in [-0.39, 0.29) is 0 Å². The second-order valence-electron chi connectivity index (χ2n) is 8.04. The van der Waals surface area contributed by atoms with Gasteiger partial charge in [0.1, 0.15) is 0 Å². The SMILES string of the molecule is O=P1(C2CCCCC2)OC2CCCCC2C2CCCCC21. The lowest BCUT2D eigenvalue weighted by Crippen LogP contribution is -2.47. The summed E-state index contributed by atoms with van der Waals surface area (Å²) >= 11 is 0. The predicted molar refractivity (Wildman–Crippen MR) is 87.1 cm³/mol. The van der Waals surface area contributed by atoms with Crippen molar-refractivity contribution in [3.8, 4) is 0 Å². The molecule has 0 radical (unpaired) electrons. The van der Waals surface area contributed by atoms with Gasteiger partial charge >= 0.3 is 0 Å². The summed E-state index contributed by atoms with van der Waals surface area (Å²) in [5.41, 5.74) is 0.855. The first-order valence-corrected chi connectivity index (χ1v) is 11.3. The maximum atomic E-state index is 14.0. The number of hydrogen-bond donors (Lipinski definition) is 0. The standard InChI is InChI=1S/C18H31O2P/c19-21(14-8-2-1-3-9-14)18-13-7-5-11-16(18)15-10-4-6-12-17(15)20-21/h14-18H,1-13H2. The first-order chi connectivity index (χ1) is 10.3. The highest BCUT2D eigenvalue weighted by Gasteiger charge is 2.55. The van der Waals surface area contributed by atoms with Gasteiger partial charge in [-0.15, -0.1) is 0 Å². The first-order valence-electron chi connectivity index (χ1n) is 9.57. The zero-order valence-corrected chi connectivity index (χ0v) is 14.2. The molecule has 0 amide bonds. The highest BCUT2D eigenvalue weighted by atomic mass is 31.2. The molecular formula is C18H31O2P.